The Morgan fingerprint density at radius 3 is 2.45 bits per heavy atom. The molecule has 214 valence electrons. The topological polar surface area (TPSA) is 110 Å². The fraction of sp³-hybridized carbons (Fsp3) is 0.258. The number of hydrogen-bond acceptors (Lipinski definition) is 8. The van der Waals surface area contributed by atoms with E-state index in [0.29, 0.717) is 23.2 Å². The van der Waals surface area contributed by atoms with E-state index < -0.39 is 6.03 Å². The normalized spacial score (nSPS) is 12.7. The molecule has 2 N–H and O–H groups in total. The van der Waals surface area contributed by atoms with Crippen LogP contribution in [0.2, 0.25) is 0 Å². The predicted octanol–water partition coefficient (Wildman–Crippen LogP) is 6.94. The van der Waals surface area contributed by atoms with Gasteiger partial charge in [-0.05, 0) is 67.1 Å². The molecule has 1 aliphatic heterocycles. The molecule has 6 rings (SSSR count). The highest BCUT2D eigenvalue weighted by atomic mass is 32.1. The molecule has 11 heteroatoms. The quantitative estimate of drug-likeness (QED) is 0.194. The van der Waals surface area contributed by atoms with E-state index in [1.807, 2.05) is 67.7 Å². The fourth-order valence-corrected chi connectivity index (χ4v) is 5.55. The van der Waals surface area contributed by atoms with Gasteiger partial charge in [-0.1, -0.05) is 43.4 Å². The third-order valence-corrected chi connectivity index (χ3v) is 7.92. The summed E-state index contributed by atoms with van der Waals surface area (Å²) in [5.41, 5.74) is 4.38. The maximum Gasteiger partial charge on any atom is 0.324 e. The largest absolute Gasteiger partial charge is 0.424 e. The first-order valence-electron chi connectivity index (χ1n) is 14.0. The first-order valence-corrected chi connectivity index (χ1v) is 14.8. The number of amides is 2. The Bertz CT molecular complexity index is 1670. The van der Waals surface area contributed by atoms with Crippen LogP contribution >= 0.6 is 11.3 Å². The predicted molar refractivity (Wildman–Crippen MR) is 166 cm³/mol. The number of anilines is 3. The van der Waals surface area contributed by atoms with Crippen molar-refractivity contribution in [2.24, 2.45) is 5.92 Å². The van der Waals surface area contributed by atoms with Gasteiger partial charge in [-0.15, -0.1) is 0 Å². The van der Waals surface area contributed by atoms with Crippen LogP contribution in [0.1, 0.15) is 31.5 Å². The molecular weight excluding hydrogens is 548 g/mol. The van der Waals surface area contributed by atoms with Crippen molar-refractivity contribution >= 4 is 34.0 Å². The van der Waals surface area contributed by atoms with Crippen molar-refractivity contribution in [1.82, 2.24) is 24.7 Å². The van der Waals surface area contributed by atoms with Gasteiger partial charge in [0, 0.05) is 25.4 Å². The number of nitrogens with one attached hydrogen (secondary N) is 2. The van der Waals surface area contributed by atoms with Crippen LogP contribution in [0.25, 0.3) is 16.1 Å². The minimum atomic E-state index is -0.422. The number of urea groups is 1. The van der Waals surface area contributed by atoms with E-state index in [9.17, 15) is 4.79 Å². The molecule has 0 atom stereocenters. The first-order chi connectivity index (χ1) is 20.4. The summed E-state index contributed by atoms with van der Waals surface area (Å²) < 4.78 is 7.59. The van der Waals surface area contributed by atoms with Crippen LogP contribution in [0, 0.1) is 12.8 Å². The summed E-state index contributed by atoms with van der Waals surface area (Å²) in [6.07, 6.45) is 6.97. The monoisotopic (exact) mass is 580 g/mol. The SMILES string of the molecule is Cc1ccccc1-n1nc(CC(C)C)cc1NC(=O)Nc1cnc(Oc2ccc(-c3cnc(N4CCC4)s3)cc2)nc1. The van der Waals surface area contributed by atoms with Gasteiger partial charge in [0.05, 0.1) is 34.3 Å². The minimum absolute atomic E-state index is 0.183. The van der Waals surface area contributed by atoms with Crippen molar-refractivity contribution in [3.8, 4) is 27.9 Å². The highest BCUT2D eigenvalue weighted by Gasteiger charge is 2.18. The highest BCUT2D eigenvalue weighted by molar-refractivity contribution is 7.18. The second-order valence-corrected chi connectivity index (χ2v) is 11.6. The molecule has 3 aromatic heterocycles. The molecule has 2 amide bonds. The van der Waals surface area contributed by atoms with Crippen LogP contribution in [-0.4, -0.2) is 43.9 Å². The number of para-hydroxylation sites is 1. The van der Waals surface area contributed by atoms with Gasteiger partial charge in [-0.2, -0.15) is 5.10 Å². The lowest BCUT2D eigenvalue weighted by Gasteiger charge is -2.30. The lowest BCUT2D eigenvalue weighted by Crippen LogP contribution is -2.36. The summed E-state index contributed by atoms with van der Waals surface area (Å²) in [4.78, 5) is 29.4. The summed E-state index contributed by atoms with van der Waals surface area (Å²) in [7, 11) is 0. The second-order valence-electron chi connectivity index (χ2n) is 10.6. The van der Waals surface area contributed by atoms with E-state index in [1.54, 1.807) is 16.0 Å². The molecule has 1 fully saturated rings. The number of hydrogen-bond donors (Lipinski definition) is 2. The van der Waals surface area contributed by atoms with Gasteiger partial charge in [-0.25, -0.2) is 24.4 Å². The zero-order chi connectivity index (χ0) is 29.1. The summed E-state index contributed by atoms with van der Waals surface area (Å²) in [5.74, 6) is 1.63. The Kier molecular flexibility index (Phi) is 7.83. The van der Waals surface area contributed by atoms with Crippen LogP contribution in [0.15, 0.2) is 73.2 Å². The van der Waals surface area contributed by atoms with Crippen LogP contribution in [-0.2, 0) is 6.42 Å². The Morgan fingerprint density at radius 2 is 1.76 bits per heavy atom. The Morgan fingerprint density at radius 1 is 1.00 bits per heavy atom. The molecular formula is C31H32N8O2S. The van der Waals surface area contributed by atoms with Crippen molar-refractivity contribution < 1.29 is 9.53 Å². The molecule has 0 aliphatic carbocycles. The molecule has 0 bridgehead atoms. The van der Waals surface area contributed by atoms with E-state index in [2.05, 4.69) is 44.3 Å². The number of benzene rings is 2. The maximum atomic E-state index is 12.9. The van der Waals surface area contributed by atoms with E-state index in [0.717, 1.165) is 52.0 Å². The molecule has 0 radical (unpaired) electrons. The zero-order valence-corrected chi connectivity index (χ0v) is 24.6. The average molecular weight is 581 g/mol. The third kappa shape index (κ3) is 6.26. The molecule has 4 heterocycles. The highest BCUT2D eigenvalue weighted by Crippen LogP contribution is 2.34. The first kappa shape index (κ1) is 27.4. The van der Waals surface area contributed by atoms with E-state index in [-0.39, 0.29) is 6.01 Å². The summed E-state index contributed by atoms with van der Waals surface area (Å²) >= 11 is 1.69. The number of thiazole rings is 1. The number of carbonyl (C=O) groups is 1. The van der Waals surface area contributed by atoms with Gasteiger partial charge in [-0.3, -0.25) is 5.32 Å². The van der Waals surface area contributed by atoms with E-state index >= 15 is 0 Å². The van der Waals surface area contributed by atoms with Crippen LogP contribution < -0.4 is 20.3 Å². The molecule has 0 unspecified atom stereocenters. The van der Waals surface area contributed by atoms with Crippen LogP contribution in [0.3, 0.4) is 0 Å². The summed E-state index contributed by atoms with van der Waals surface area (Å²) in [6.45, 7) is 8.46. The Hall–Kier alpha value is -4.77. The Labute approximate surface area is 248 Å². The van der Waals surface area contributed by atoms with Crippen molar-refractivity contribution in [3.05, 3.63) is 84.4 Å². The van der Waals surface area contributed by atoms with Gasteiger partial charge in [0.25, 0.3) is 0 Å². The van der Waals surface area contributed by atoms with Crippen LogP contribution in [0.4, 0.5) is 21.4 Å². The van der Waals surface area contributed by atoms with Gasteiger partial charge in [0.15, 0.2) is 5.13 Å². The van der Waals surface area contributed by atoms with Crippen molar-refractivity contribution in [1.29, 1.82) is 0 Å². The lowest BCUT2D eigenvalue weighted by atomic mass is 10.1. The molecule has 1 saturated heterocycles. The number of ether oxygens (including phenoxy) is 1. The number of aromatic nitrogens is 5. The number of aryl methyl sites for hydroxylation is 1. The van der Waals surface area contributed by atoms with E-state index in [4.69, 9.17) is 9.84 Å². The zero-order valence-electron chi connectivity index (χ0n) is 23.7. The average Bonchev–Trinajstić information content (AvgIpc) is 3.56. The van der Waals surface area contributed by atoms with Crippen molar-refractivity contribution in [2.75, 3.05) is 28.6 Å². The van der Waals surface area contributed by atoms with E-state index in [1.165, 1.54) is 18.8 Å². The number of carbonyl (C=O) groups excluding carboxylic acids is 1. The summed E-state index contributed by atoms with van der Waals surface area (Å²) in [5, 5.41) is 11.5. The number of nitrogens with zero attached hydrogens (tertiary/aromatic N) is 6. The van der Waals surface area contributed by atoms with Crippen molar-refractivity contribution in [2.45, 2.75) is 33.6 Å². The second kappa shape index (κ2) is 12.0. The lowest BCUT2D eigenvalue weighted by molar-refractivity contribution is 0.262. The molecule has 0 saturated carbocycles. The molecule has 2 aromatic carbocycles. The summed E-state index contributed by atoms with van der Waals surface area (Å²) in [6, 6.07) is 17.4. The molecule has 5 aromatic rings. The standard InChI is InChI=1S/C31H32N8O2S/c1-20(2)15-23-16-28(39(37-23)26-8-5-4-7-21(26)3)36-29(40)35-24-17-32-30(33-18-24)41-25-11-9-22(10-12-25)27-19-34-31(42-27)38-13-6-14-38/h4-5,7-12,16-20H,6,13-15H2,1-3H3,(H2,35,36,40). The molecule has 0 spiro atoms. The van der Waals surface area contributed by atoms with Crippen LogP contribution in [0.5, 0.6) is 11.8 Å². The number of rotatable bonds is 9. The van der Waals surface area contributed by atoms with Gasteiger partial charge in [0.1, 0.15) is 11.6 Å². The maximum absolute atomic E-state index is 12.9. The van der Waals surface area contributed by atoms with Gasteiger partial charge >= 0.3 is 12.0 Å². The molecule has 42 heavy (non-hydrogen) atoms. The van der Waals surface area contributed by atoms with Crippen molar-refractivity contribution in [3.63, 3.8) is 0 Å². The molecule has 10 nitrogen and oxygen atoms in total. The smallest absolute Gasteiger partial charge is 0.324 e. The minimum Gasteiger partial charge on any atom is -0.424 e. The van der Waals surface area contributed by atoms with Gasteiger partial charge < -0.3 is 15.0 Å². The Balaban J connectivity index is 1.08. The van der Waals surface area contributed by atoms with Gasteiger partial charge in [0.2, 0.25) is 0 Å². The fourth-order valence-electron chi connectivity index (χ4n) is 4.58. The third-order valence-electron chi connectivity index (χ3n) is 6.82. The molecule has 1 aliphatic rings.